The molecule has 0 saturated heterocycles. The number of allylic oxidation sites excluding steroid dienone is 1. The number of carbonyl (C=O) groups is 3. The van der Waals surface area contributed by atoms with Crippen LogP contribution in [-0.4, -0.2) is 45.6 Å². The molecule has 4 aromatic rings. The van der Waals surface area contributed by atoms with Crippen LogP contribution in [0.4, 0.5) is 9.59 Å². The van der Waals surface area contributed by atoms with Crippen molar-refractivity contribution >= 4 is 40.0 Å². The van der Waals surface area contributed by atoms with Crippen molar-refractivity contribution < 1.29 is 28.6 Å². The molecule has 8 heteroatoms. The molecule has 0 amide bonds. The molecule has 1 atom stereocenters. The average molecular weight is 531 g/mol. The van der Waals surface area contributed by atoms with Gasteiger partial charge in [0, 0.05) is 35.2 Å². The minimum absolute atomic E-state index is 0.462. The van der Waals surface area contributed by atoms with Crippen molar-refractivity contribution in [3.63, 3.8) is 0 Å². The molecule has 2 aromatic carbocycles. The zero-order chi connectivity index (χ0) is 28.5. The van der Waals surface area contributed by atoms with Crippen molar-refractivity contribution in [2.24, 2.45) is 0 Å². The summed E-state index contributed by atoms with van der Waals surface area (Å²) in [6.07, 6.45) is 5.54. The molecule has 0 unspecified atom stereocenters. The summed E-state index contributed by atoms with van der Waals surface area (Å²) in [5.74, 6) is -0.967. The first-order valence-electron chi connectivity index (χ1n) is 12.7. The van der Waals surface area contributed by atoms with Gasteiger partial charge in [0.2, 0.25) is 0 Å². The van der Waals surface area contributed by atoms with E-state index in [9.17, 15) is 14.4 Å². The molecule has 0 N–H and O–H groups in total. The second-order valence-corrected chi connectivity index (χ2v) is 11.3. The van der Waals surface area contributed by atoms with Crippen LogP contribution in [-0.2, 0) is 19.0 Å². The van der Waals surface area contributed by atoms with E-state index in [2.05, 4.69) is 0 Å². The molecular weight excluding hydrogens is 496 g/mol. The molecule has 39 heavy (non-hydrogen) atoms. The highest BCUT2D eigenvalue weighted by Gasteiger charge is 2.26. The van der Waals surface area contributed by atoms with Gasteiger partial charge in [0.1, 0.15) is 11.2 Å². The number of methoxy groups -OCH3 is 1. The highest BCUT2D eigenvalue weighted by molar-refractivity contribution is 5.96. The number of benzene rings is 2. The van der Waals surface area contributed by atoms with E-state index >= 15 is 0 Å². The predicted octanol–water partition coefficient (Wildman–Crippen LogP) is 7.02. The van der Waals surface area contributed by atoms with Gasteiger partial charge in [-0.05, 0) is 70.9 Å². The van der Waals surface area contributed by atoms with Crippen LogP contribution in [0.15, 0.2) is 73.1 Å². The summed E-state index contributed by atoms with van der Waals surface area (Å²) < 4.78 is 19.1. The van der Waals surface area contributed by atoms with E-state index in [1.165, 1.54) is 22.3 Å². The van der Waals surface area contributed by atoms with Crippen LogP contribution in [0.1, 0.15) is 58.6 Å². The van der Waals surface area contributed by atoms with E-state index in [0.29, 0.717) is 11.0 Å². The highest BCUT2D eigenvalue weighted by atomic mass is 16.6. The number of nitrogens with zero attached hydrogens (tertiary/aromatic N) is 2. The third kappa shape index (κ3) is 6.06. The number of esters is 1. The molecule has 0 aliphatic rings. The van der Waals surface area contributed by atoms with Gasteiger partial charge in [-0.2, -0.15) is 0 Å². The maximum atomic E-state index is 13.2. The first-order valence-corrected chi connectivity index (χ1v) is 12.7. The van der Waals surface area contributed by atoms with Gasteiger partial charge in [-0.3, -0.25) is 9.13 Å². The van der Waals surface area contributed by atoms with Gasteiger partial charge < -0.3 is 14.2 Å². The summed E-state index contributed by atoms with van der Waals surface area (Å²) in [6, 6.07) is 15.0. The molecule has 2 aromatic heterocycles. The van der Waals surface area contributed by atoms with Crippen molar-refractivity contribution in [3.8, 4) is 0 Å². The van der Waals surface area contributed by atoms with Crippen LogP contribution < -0.4 is 0 Å². The fourth-order valence-corrected chi connectivity index (χ4v) is 4.47. The molecule has 4 rings (SSSR count). The molecule has 0 radical (unpaired) electrons. The summed E-state index contributed by atoms with van der Waals surface area (Å²) >= 11 is 0. The van der Waals surface area contributed by atoms with Crippen LogP contribution in [0, 0.1) is 0 Å². The van der Waals surface area contributed by atoms with E-state index < -0.39 is 35.3 Å². The lowest BCUT2D eigenvalue weighted by Crippen LogP contribution is -2.26. The number of fused-ring (bicyclic) bond motifs is 2. The Labute approximate surface area is 227 Å². The van der Waals surface area contributed by atoms with Crippen LogP contribution in [0.3, 0.4) is 0 Å². The molecule has 0 aliphatic carbocycles. The molecule has 0 spiro atoms. The Morgan fingerprint density at radius 3 is 1.95 bits per heavy atom. The molecule has 0 fully saturated rings. The topological polar surface area (TPSA) is 88.8 Å². The summed E-state index contributed by atoms with van der Waals surface area (Å²) in [7, 11) is 1.32. The smallest absolute Gasteiger partial charge is 0.419 e. The average Bonchev–Trinajstić information content (AvgIpc) is 3.45. The van der Waals surface area contributed by atoms with E-state index in [1.54, 1.807) is 18.5 Å². The lowest BCUT2D eigenvalue weighted by molar-refractivity contribution is -0.134. The van der Waals surface area contributed by atoms with Crippen molar-refractivity contribution in [1.82, 2.24) is 9.13 Å². The number of hydrogen-bond donors (Lipinski definition) is 0. The number of hydrogen-bond acceptors (Lipinski definition) is 6. The molecule has 2 heterocycles. The Hall–Kier alpha value is -4.33. The lowest BCUT2D eigenvalue weighted by atomic mass is 9.88. The van der Waals surface area contributed by atoms with Gasteiger partial charge >= 0.3 is 18.2 Å². The standard InChI is InChI=1S/C31H34N2O6/c1-30(2,3)38-28(35)32-18-17-23-20(12-10-14-25(23)32)21(15-16-27(34)37-7)24-19-33(29(36)39-31(4,5)6)26-13-9-8-11-22(24)26/h8-19,21H,1-7H3/b16-15+/t21-/m1/s1. The lowest BCUT2D eigenvalue weighted by Gasteiger charge is -2.20. The monoisotopic (exact) mass is 530 g/mol. The van der Waals surface area contributed by atoms with E-state index in [-0.39, 0.29) is 0 Å². The van der Waals surface area contributed by atoms with Gasteiger partial charge in [-0.25, -0.2) is 14.4 Å². The third-order valence-corrected chi connectivity index (χ3v) is 5.99. The van der Waals surface area contributed by atoms with E-state index in [4.69, 9.17) is 14.2 Å². The normalized spacial score (nSPS) is 13.1. The van der Waals surface area contributed by atoms with Gasteiger partial charge in [0.05, 0.1) is 18.1 Å². The SMILES string of the molecule is COC(=O)/C=C/[C@H](c1cccc2c1ccn2C(=O)OC(C)(C)C)c1cn(C(=O)OC(C)(C)C)c2ccccc12. The fraction of sp³-hybridized carbons (Fsp3) is 0.323. The summed E-state index contributed by atoms with van der Waals surface area (Å²) in [4.78, 5) is 38.2. The maximum Gasteiger partial charge on any atom is 0.419 e. The highest BCUT2D eigenvalue weighted by Crippen LogP contribution is 2.37. The quantitative estimate of drug-likeness (QED) is 0.160. The third-order valence-electron chi connectivity index (χ3n) is 5.99. The molecule has 204 valence electrons. The first kappa shape index (κ1) is 27.7. The Kier molecular flexibility index (Phi) is 7.41. The number of aromatic nitrogens is 2. The molecular formula is C31H34N2O6. The van der Waals surface area contributed by atoms with Gasteiger partial charge in [0.25, 0.3) is 0 Å². The summed E-state index contributed by atoms with van der Waals surface area (Å²) in [5.41, 5.74) is 1.63. The Morgan fingerprint density at radius 2 is 1.31 bits per heavy atom. The Bertz CT molecular complexity index is 1580. The fourth-order valence-electron chi connectivity index (χ4n) is 4.47. The zero-order valence-electron chi connectivity index (χ0n) is 23.3. The predicted molar refractivity (Wildman–Crippen MR) is 150 cm³/mol. The van der Waals surface area contributed by atoms with Crippen molar-refractivity contribution in [3.05, 3.63) is 84.2 Å². The number of ether oxygens (including phenoxy) is 3. The molecule has 0 bridgehead atoms. The number of carbonyl (C=O) groups excluding carboxylic acids is 3. The summed E-state index contributed by atoms with van der Waals surface area (Å²) in [6.45, 7) is 10.9. The Balaban J connectivity index is 1.91. The van der Waals surface area contributed by atoms with Crippen molar-refractivity contribution in [1.29, 1.82) is 0 Å². The minimum Gasteiger partial charge on any atom is -0.466 e. The van der Waals surface area contributed by atoms with Gasteiger partial charge in [-0.15, -0.1) is 0 Å². The second-order valence-electron chi connectivity index (χ2n) is 11.3. The second kappa shape index (κ2) is 10.4. The number of rotatable bonds is 4. The van der Waals surface area contributed by atoms with Crippen molar-refractivity contribution in [2.45, 2.75) is 58.7 Å². The largest absolute Gasteiger partial charge is 0.466 e. The van der Waals surface area contributed by atoms with Crippen LogP contribution >= 0.6 is 0 Å². The molecule has 0 aliphatic heterocycles. The van der Waals surface area contributed by atoms with Crippen molar-refractivity contribution in [2.75, 3.05) is 7.11 Å². The minimum atomic E-state index is -0.678. The van der Waals surface area contributed by atoms with Crippen LogP contribution in [0.25, 0.3) is 21.8 Å². The summed E-state index contributed by atoms with van der Waals surface area (Å²) in [5, 5.41) is 1.63. The molecule has 8 nitrogen and oxygen atoms in total. The van der Waals surface area contributed by atoms with Crippen LogP contribution in [0.2, 0.25) is 0 Å². The van der Waals surface area contributed by atoms with E-state index in [0.717, 1.165) is 21.9 Å². The first-order chi connectivity index (χ1) is 18.3. The van der Waals surface area contributed by atoms with Gasteiger partial charge in [0.15, 0.2) is 0 Å². The molecule has 0 saturated carbocycles. The number of para-hydroxylation sites is 1. The van der Waals surface area contributed by atoms with Crippen LogP contribution in [0.5, 0.6) is 0 Å². The van der Waals surface area contributed by atoms with E-state index in [1.807, 2.05) is 90.1 Å². The zero-order valence-corrected chi connectivity index (χ0v) is 23.3. The maximum absolute atomic E-state index is 13.2. The van der Waals surface area contributed by atoms with Gasteiger partial charge in [-0.1, -0.05) is 36.4 Å². The Morgan fingerprint density at radius 1 is 0.744 bits per heavy atom.